The molecule has 8 heteroatoms. The molecule has 0 unspecified atom stereocenters. The van der Waals surface area contributed by atoms with Crippen LogP contribution in [0.3, 0.4) is 0 Å². The van der Waals surface area contributed by atoms with Crippen molar-refractivity contribution < 1.29 is 14.0 Å². The Morgan fingerprint density at radius 2 is 2.00 bits per heavy atom. The minimum Gasteiger partial charge on any atom is -0.459 e. The Bertz CT molecular complexity index is 781. The van der Waals surface area contributed by atoms with Crippen LogP contribution in [0.25, 0.3) is 0 Å². The van der Waals surface area contributed by atoms with E-state index in [1.54, 1.807) is 17.0 Å². The van der Waals surface area contributed by atoms with Crippen LogP contribution in [0.15, 0.2) is 27.8 Å². The molecule has 3 aliphatic rings. The number of nitrogens with zero attached hydrogens (tertiary/aromatic N) is 4. The number of carbonyl (C=O) groups excluding carboxylic acids is 2. The number of piperazine rings is 1. The highest BCUT2D eigenvalue weighted by molar-refractivity contribution is 6.02. The van der Waals surface area contributed by atoms with Crippen molar-refractivity contribution >= 4 is 17.8 Å². The van der Waals surface area contributed by atoms with Gasteiger partial charge in [0.1, 0.15) is 0 Å². The van der Waals surface area contributed by atoms with Gasteiger partial charge >= 0.3 is 0 Å². The summed E-state index contributed by atoms with van der Waals surface area (Å²) in [6, 6.07) is 5.54. The maximum absolute atomic E-state index is 12.6. The summed E-state index contributed by atoms with van der Waals surface area (Å²) >= 11 is 0. The average Bonchev–Trinajstić information content (AvgIpc) is 3.23. The second-order valence-electron chi connectivity index (χ2n) is 7.41. The molecule has 1 saturated heterocycles. The van der Waals surface area contributed by atoms with Gasteiger partial charge in [-0.25, -0.2) is 4.99 Å². The maximum atomic E-state index is 12.6. The van der Waals surface area contributed by atoms with E-state index in [0.29, 0.717) is 37.9 Å². The van der Waals surface area contributed by atoms with Crippen LogP contribution >= 0.6 is 0 Å². The molecule has 0 aromatic carbocycles. The molecule has 1 aliphatic carbocycles. The summed E-state index contributed by atoms with van der Waals surface area (Å²) in [6.07, 6.45) is 6.16. The van der Waals surface area contributed by atoms with Crippen LogP contribution < -0.4 is 5.32 Å². The minimum atomic E-state index is -0.719. The first-order valence-corrected chi connectivity index (χ1v) is 9.51. The quantitative estimate of drug-likeness (QED) is 0.805. The number of hydrogen-bond donors (Lipinski definition) is 1. The number of nitriles is 1. The molecule has 1 aromatic rings. The van der Waals surface area contributed by atoms with Crippen LogP contribution in [0.1, 0.15) is 42.7 Å². The zero-order valence-electron chi connectivity index (χ0n) is 15.2. The normalized spacial score (nSPS) is 24.9. The van der Waals surface area contributed by atoms with Gasteiger partial charge in [0.25, 0.3) is 5.91 Å². The van der Waals surface area contributed by atoms with Crippen molar-refractivity contribution in [2.24, 2.45) is 10.9 Å². The lowest BCUT2D eigenvalue weighted by molar-refractivity contribution is -0.125. The van der Waals surface area contributed by atoms with E-state index in [-0.39, 0.29) is 11.8 Å². The molecular weight excluding hydrogens is 346 g/mol. The third kappa shape index (κ3) is 3.18. The number of carbonyl (C=O) groups is 2. The minimum absolute atomic E-state index is 0.123. The van der Waals surface area contributed by atoms with Gasteiger partial charge in [-0.2, -0.15) is 5.26 Å². The summed E-state index contributed by atoms with van der Waals surface area (Å²) in [5.41, 5.74) is -0.591. The van der Waals surface area contributed by atoms with Gasteiger partial charge in [0, 0.05) is 26.2 Å². The largest absolute Gasteiger partial charge is 0.459 e. The Morgan fingerprint density at radius 1 is 1.26 bits per heavy atom. The molecule has 1 saturated carbocycles. The fourth-order valence-corrected chi connectivity index (χ4v) is 4.30. The van der Waals surface area contributed by atoms with Crippen molar-refractivity contribution in [1.29, 1.82) is 5.26 Å². The Kier molecular flexibility index (Phi) is 4.60. The van der Waals surface area contributed by atoms with Crippen molar-refractivity contribution in [3.8, 4) is 6.07 Å². The molecule has 3 heterocycles. The van der Waals surface area contributed by atoms with Crippen molar-refractivity contribution in [2.75, 3.05) is 26.2 Å². The first kappa shape index (κ1) is 17.6. The van der Waals surface area contributed by atoms with Gasteiger partial charge in [-0.3, -0.25) is 14.9 Å². The standard InChI is InChI=1S/C19H23N5O3/c20-13-14-16(25)21-18(22-19(14)6-2-1-3-7-19)24-10-8-23(9-11-24)17(26)15-5-4-12-27-15/h4-5,12,14H,1-3,6-11H2,(H,21,22,25)/t14-/m1/s1. The van der Waals surface area contributed by atoms with Crippen molar-refractivity contribution in [1.82, 2.24) is 15.1 Å². The van der Waals surface area contributed by atoms with Gasteiger partial charge in [0.15, 0.2) is 11.7 Å². The van der Waals surface area contributed by atoms with Gasteiger partial charge < -0.3 is 14.2 Å². The summed E-state index contributed by atoms with van der Waals surface area (Å²) < 4.78 is 5.19. The molecule has 27 heavy (non-hydrogen) atoms. The number of guanidine groups is 1. The molecule has 0 radical (unpaired) electrons. The molecule has 8 nitrogen and oxygen atoms in total. The van der Waals surface area contributed by atoms with Gasteiger partial charge in [-0.05, 0) is 25.0 Å². The van der Waals surface area contributed by atoms with E-state index in [4.69, 9.17) is 9.41 Å². The van der Waals surface area contributed by atoms with E-state index in [9.17, 15) is 14.9 Å². The molecule has 1 spiro atoms. The van der Waals surface area contributed by atoms with Gasteiger partial charge in [0.2, 0.25) is 11.9 Å². The summed E-state index contributed by atoms with van der Waals surface area (Å²) in [4.78, 5) is 33.6. The van der Waals surface area contributed by atoms with Crippen molar-refractivity contribution in [3.05, 3.63) is 24.2 Å². The van der Waals surface area contributed by atoms with Crippen molar-refractivity contribution in [2.45, 2.75) is 37.6 Å². The molecule has 0 bridgehead atoms. The third-order valence-corrected chi connectivity index (χ3v) is 5.81. The highest BCUT2D eigenvalue weighted by Crippen LogP contribution is 2.39. The van der Waals surface area contributed by atoms with E-state index in [1.807, 2.05) is 4.90 Å². The highest BCUT2D eigenvalue weighted by atomic mass is 16.3. The molecule has 2 amide bonds. The second-order valence-corrected chi connectivity index (χ2v) is 7.41. The number of furan rings is 1. The maximum Gasteiger partial charge on any atom is 0.289 e. The lowest BCUT2D eigenvalue weighted by Crippen LogP contribution is -2.61. The van der Waals surface area contributed by atoms with E-state index in [1.165, 1.54) is 6.26 Å². The highest BCUT2D eigenvalue weighted by Gasteiger charge is 2.48. The zero-order valence-corrected chi connectivity index (χ0v) is 15.2. The first-order chi connectivity index (χ1) is 13.1. The van der Waals surface area contributed by atoms with Crippen molar-refractivity contribution in [3.63, 3.8) is 0 Å². The number of nitrogens with one attached hydrogen (secondary N) is 1. The van der Waals surface area contributed by atoms with Gasteiger partial charge in [-0.15, -0.1) is 0 Å². The lowest BCUT2D eigenvalue weighted by atomic mass is 9.72. The van der Waals surface area contributed by atoms with Gasteiger partial charge in [-0.1, -0.05) is 19.3 Å². The molecule has 1 aromatic heterocycles. The summed E-state index contributed by atoms with van der Waals surface area (Å²) in [5.74, 6) is -0.201. The number of hydrogen-bond acceptors (Lipinski definition) is 6. The lowest BCUT2D eigenvalue weighted by Gasteiger charge is -2.43. The Labute approximate surface area is 157 Å². The zero-order chi connectivity index (χ0) is 18.9. The van der Waals surface area contributed by atoms with Gasteiger partial charge in [0.05, 0.1) is 17.9 Å². The van der Waals surface area contributed by atoms with E-state index in [0.717, 1.165) is 32.1 Å². The second kappa shape index (κ2) is 7.06. The predicted octanol–water partition coefficient (Wildman–Crippen LogP) is 1.37. The Hall–Kier alpha value is -2.82. The van der Waals surface area contributed by atoms with Crippen LogP contribution in [0, 0.1) is 17.2 Å². The van der Waals surface area contributed by atoms with E-state index < -0.39 is 11.5 Å². The summed E-state index contributed by atoms with van der Waals surface area (Å²) in [5, 5.41) is 12.3. The topological polar surface area (TPSA) is 102 Å². The Balaban J connectivity index is 1.48. The molecule has 1 N–H and O–H groups in total. The van der Waals surface area contributed by atoms with Crippen LogP contribution in [-0.4, -0.2) is 59.3 Å². The summed E-state index contributed by atoms with van der Waals surface area (Å²) in [6.45, 7) is 2.23. The van der Waals surface area contributed by atoms with E-state index in [2.05, 4.69) is 11.4 Å². The smallest absolute Gasteiger partial charge is 0.289 e. The molecule has 142 valence electrons. The van der Waals surface area contributed by atoms with Crippen LogP contribution in [0.5, 0.6) is 0 Å². The van der Waals surface area contributed by atoms with E-state index >= 15 is 0 Å². The Morgan fingerprint density at radius 3 is 2.63 bits per heavy atom. The molecule has 1 atom stereocenters. The molecule has 2 aliphatic heterocycles. The van der Waals surface area contributed by atoms with Crippen LogP contribution in [-0.2, 0) is 4.79 Å². The fraction of sp³-hybridized carbons (Fsp3) is 0.579. The SMILES string of the molecule is N#C[C@@H]1C(=O)NC(N2CCN(C(=O)c3ccco3)CC2)=NC12CCCCC2. The van der Waals surface area contributed by atoms with Crippen LogP contribution in [0.2, 0.25) is 0 Å². The molecule has 4 rings (SSSR count). The number of amides is 2. The monoisotopic (exact) mass is 369 g/mol. The molecule has 2 fully saturated rings. The third-order valence-electron chi connectivity index (χ3n) is 5.81. The number of rotatable bonds is 1. The average molecular weight is 369 g/mol. The van der Waals surface area contributed by atoms with Crippen LogP contribution in [0.4, 0.5) is 0 Å². The number of aliphatic imine (C=N–C) groups is 1. The molecular formula is C19H23N5O3. The predicted molar refractivity (Wildman–Crippen MR) is 96.7 cm³/mol. The summed E-state index contributed by atoms with van der Waals surface area (Å²) in [7, 11) is 0. The fourth-order valence-electron chi connectivity index (χ4n) is 4.30. The first-order valence-electron chi connectivity index (χ1n) is 9.51.